The van der Waals surface area contributed by atoms with Gasteiger partial charge in [0.1, 0.15) is 17.6 Å². The maximum Gasteiger partial charge on any atom is 0.149 e. The van der Waals surface area contributed by atoms with E-state index in [1.165, 1.54) is 12.1 Å². The number of benzene rings is 2. The van der Waals surface area contributed by atoms with Gasteiger partial charge >= 0.3 is 0 Å². The molecule has 0 bridgehead atoms. The summed E-state index contributed by atoms with van der Waals surface area (Å²) in [6, 6.07) is 15.6. The van der Waals surface area contributed by atoms with Gasteiger partial charge in [-0.2, -0.15) is 5.26 Å². The fourth-order valence-electron chi connectivity index (χ4n) is 2.19. The first-order chi connectivity index (χ1) is 9.69. The lowest BCUT2D eigenvalue weighted by Crippen LogP contribution is -1.96. The summed E-state index contributed by atoms with van der Waals surface area (Å²) >= 11 is 0. The molecular weight excluding hydrogens is 253 g/mol. The Morgan fingerprint density at radius 1 is 1.05 bits per heavy atom. The topological polar surface area (TPSA) is 62.7 Å². The normalized spacial score (nSPS) is 10.4. The minimum atomic E-state index is -0.404. The molecule has 0 saturated carbocycles. The van der Waals surface area contributed by atoms with Crippen LogP contribution in [0.15, 0.2) is 48.5 Å². The van der Waals surface area contributed by atoms with Crippen LogP contribution in [0.2, 0.25) is 0 Å². The Morgan fingerprint density at radius 2 is 1.85 bits per heavy atom. The van der Waals surface area contributed by atoms with Crippen molar-refractivity contribution < 1.29 is 4.39 Å². The monoisotopic (exact) mass is 263 g/mol. The van der Waals surface area contributed by atoms with Gasteiger partial charge in [0.25, 0.3) is 0 Å². The Hall–Kier alpha value is -2.93. The van der Waals surface area contributed by atoms with Crippen LogP contribution in [0, 0.1) is 17.1 Å². The zero-order chi connectivity index (χ0) is 14.1. The zero-order valence-corrected chi connectivity index (χ0v) is 10.5. The van der Waals surface area contributed by atoms with E-state index in [0.717, 1.165) is 10.9 Å². The van der Waals surface area contributed by atoms with Crippen molar-refractivity contribution >= 4 is 16.6 Å². The number of halogens is 1. The SMILES string of the molecule is N#Cc1nc2ccccc2cc1-c1ccc(F)cc1N. The standard InChI is InChI=1S/C16H10FN3/c17-11-5-6-12(14(19)8-11)13-7-10-3-1-2-4-15(10)20-16(13)9-18/h1-8H,19H2. The Kier molecular flexibility index (Phi) is 2.81. The number of nitrogens with two attached hydrogens (primary N) is 1. The summed E-state index contributed by atoms with van der Waals surface area (Å²) in [5, 5.41) is 10.2. The molecule has 0 unspecified atom stereocenters. The minimum Gasteiger partial charge on any atom is -0.398 e. The number of aromatic nitrogens is 1. The van der Waals surface area contributed by atoms with Crippen molar-refractivity contribution in [1.29, 1.82) is 5.26 Å². The molecule has 0 radical (unpaired) electrons. The Labute approximate surface area is 115 Å². The van der Waals surface area contributed by atoms with Gasteiger partial charge in [0.05, 0.1) is 5.52 Å². The third-order valence-electron chi connectivity index (χ3n) is 3.13. The third kappa shape index (κ3) is 1.95. The van der Waals surface area contributed by atoms with Crippen LogP contribution in [-0.4, -0.2) is 4.98 Å². The van der Waals surface area contributed by atoms with E-state index in [-0.39, 0.29) is 5.69 Å². The van der Waals surface area contributed by atoms with Crippen molar-refractivity contribution in [2.45, 2.75) is 0 Å². The summed E-state index contributed by atoms with van der Waals surface area (Å²) in [7, 11) is 0. The second kappa shape index (κ2) is 4.63. The lowest BCUT2D eigenvalue weighted by atomic mass is 10.00. The summed E-state index contributed by atoms with van der Waals surface area (Å²) in [5.41, 5.74) is 8.38. The first kappa shape index (κ1) is 12.1. The quantitative estimate of drug-likeness (QED) is 0.683. The maximum atomic E-state index is 13.1. The number of nitriles is 1. The number of rotatable bonds is 1. The van der Waals surface area contributed by atoms with Gasteiger partial charge in [0, 0.05) is 22.2 Å². The average molecular weight is 263 g/mol. The van der Waals surface area contributed by atoms with Crippen LogP contribution in [0.3, 0.4) is 0 Å². The molecule has 20 heavy (non-hydrogen) atoms. The predicted octanol–water partition coefficient (Wildman–Crippen LogP) is 3.49. The number of fused-ring (bicyclic) bond motifs is 1. The van der Waals surface area contributed by atoms with Gasteiger partial charge in [-0.1, -0.05) is 18.2 Å². The largest absolute Gasteiger partial charge is 0.398 e. The second-order valence-electron chi connectivity index (χ2n) is 4.42. The van der Waals surface area contributed by atoms with Crippen molar-refractivity contribution in [2.75, 3.05) is 5.73 Å². The van der Waals surface area contributed by atoms with Gasteiger partial charge in [-0.05, 0) is 30.3 Å². The summed E-state index contributed by atoms with van der Waals surface area (Å²) in [6.45, 7) is 0. The summed E-state index contributed by atoms with van der Waals surface area (Å²) in [5.74, 6) is -0.404. The van der Waals surface area contributed by atoms with Crippen LogP contribution >= 0.6 is 0 Å². The van der Waals surface area contributed by atoms with E-state index in [1.807, 2.05) is 30.3 Å². The average Bonchev–Trinajstić information content (AvgIpc) is 2.46. The Morgan fingerprint density at radius 3 is 2.60 bits per heavy atom. The highest BCUT2D eigenvalue weighted by atomic mass is 19.1. The number of pyridine rings is 1. The Bertz CT molecular complexity index is 850. The van der Waals surface area contributed by atoms with Crippen LogP contribution in [0.4, 0.5) is 10.1 Å². The molecule has 1 heterocycles. The number of nitrogen functional groups attached to an aromatic ring is 1. The minimum absolute atomic E-state index is 0.280. The van der Waals surface area contributed by atoms with Gasteiger partial charge < -0.3 is 5.73 Å². The molecule has 3 nitrogen and oxygen atoms in total. The highest BCUT2D eigenvalue weighted by Crippen LogP contribution is 2.30. The highest BCUT2D eigenvalue weighted by Gasteiger charge is 2.11. The summed E-state index contributed by atoms with van der Waals surface area (Å²) < 4.78 is 13.1. The number of hydrogen-bond acceptors (Lipinski definition) is 3. The van der Waals surface area contributed by atoms with Crippen molar-refractivity contribution in [3.8, 4) is 17.2 Å². The Balaban J connectivity index is 2.32. The molecule has 2 aromatic carbocycles. The molecule has 0 spiro atoms. The number of para-hydroxylation sites is 1. The van der Waals surface area contributed by atoms with Crippen molar-refractivity contribution in [1.82, 2.24) is 4.98 Å². The van der Waals surface area contributed by atoms with Crippen molar-refractivity contribution in [2.24, 2.45) is 0 Å². The smallest absolute Gasteiger partial charge is 0.149 e. The first-order valence-corrected chi connectivity index (χ1v) is 6.04. The van der Waals surface area contributed by atoms with E-state index < -0.39 is 5.82 Å². The summed E-state index contributed by atoms with van der Waals surface area (Å²) in [6.07, 6.45) is 0. The van der Waals surface area contributed by atoms with E-state index in [9.17, 15) is 9.65 Å². The molecular formula is C16H10FN3. The molecule has 0 amide bonds. The fourth-order valence-corrected chi connectivity index (χ4v) is 2.19. The van der Waals surface area contributed by atoms with Gasteiger partial charge in [-0.15, -0.1) is 0 Å². The molecule has 4 heteroatoms. The maximum absolute atomic E-state index is 13.1. The zero-order valence-electron chi connectivity index (χ0n) is 10.5. The number of nitrogens with zero attached hydrogens (tertiary/aromatic N) is 2. The molecule has 0 aliphatic heterocycles. The third-order valence-corrected chi connectivity index (χ3v) is 3.13. The van der Waals surface area contributed by atoms with Crippen LogP contribution in [0.1, 0.15) is 5.69 Å². The molecule has 96 valence electrons. The van der Waals surface area contributed by atoms with Crippen molar-refractivity contribution in [3.63, 3.8) is 0 Å². The van der Waals surface area contributed by atoms with Crippen LogP contribution in [0.5, 0.6) is 0 Å². The van der Waals surface area contributed by atoms with Crippen LogP contribution < -0.4 is 5.73 Å². The summed E-state index contributed by atoms with van der Waals surface area (Å²) in [4.78, 5) is 4.32. The number of anilines is 1. The second-order valence-corrected chi connectivity index (χ2v) is 4.42. The number of hydrogen-bond donors (Lipinski definition) is 1. The lowest BCUT2D eigenvalue weighted by Gasteiger charge is -2.09. The molecule has 1 aromatic heterocycles. The van der Waals surface area contributed by atoms with Gasteiger partial charge in [0.15, 0.2) is 0 Å². The molecule has 0 aliphatic rings. The van der Waals surface area contributed by atoms with Gasteiger partial charge in [-0.3, -0.25) is 0 Å². The van der Waals surface area contributed by atoms with E-state index in [0.29, 0.717) is 16.8 Å². The predicted molar refractivity (Wildman–Crippen MR) is 76.3 cm³/mol. The van der Waals surface area contributed by atoms with Crippen molar-refractivity contribution in [3.05, 3.63) is 60.0 Å². The van der Waals surface area contributed by atoms with Gasteiger partial charge in [0.2, 0.25) is 0 Å². The molecule has 0 aliphatic carbocycles. The molecule has 3 rings (SSSR count). The van der Waals surface area contributed by atoms with Crippen LogP contribution in [0.25, 0.3) is 22.0 Å². The first-order valence-electron chi connectivity index (χ1n) is 6.04. The molecule has 0 fully saturated rings. The molecule has 0 saturated heterocycles. The van der Waals surface area contributed by atoms with Crippen LogP contribution in [-0.2, 0) is 0 Å². The lowest BCUT2D eigenvalue weighted by molar-refractivity contribution is 0.628. The molecule has 3 aromatic rings. The van der Waals surface area contributed by atoms with E-state index in [4.69, 9.17) is 5.73 Å². The fraction of sp³-hybridized carbons (Fsp3) is 0. The molecule has 0 atom stereocenters. The van der Waals surface area contributed by atoms with Gasteiger partial charge in [-0.25, -0.2) is 9.37 Å². The highest BCUT2D eigenvalue weighted by molar-refractivity contribution is 5.89. The van der Waals surface area contributed by atoms with E-state index in [2.05, 4.69) is 11.1 Å². The van der Waals surface area contributed by atoms with E-state index in [1.54, 1.807) is 6.07 Å². The van der Waals surface area contributed by atoms with E-state index >= 15 is 0 Å². The molecule has 2 N–H and O–H groups in total.